The molecule has 0 aliphatic heterocycles. The monoisotopic (exact) mass is 274 g/mol. The number of rotatable bonds is 9. The van der Waals surface area contributed by atoms with E-state index in [9.17, 15) is 9.59 Å². The Morgan fingerprint density at radius 2 is 1.95 bits per heavy atom. The Bertz CT molecular complexity index is 282. The van der Waals surface area contributed by atoms with Gasteiger partial charge in [0, 0.05) is 13.7 Å². The SMILES string of the molecule is CCOC(=O)CN(CCOC)C(=O)C(N)CC(C)C. The molecule has 2 N–H and O–H groups in total. The first-order valence-electron chi connectivity index (χ1n) is 6.61. The van der Waals surface area contributed by atoms with Crippen LogP contribution in [0.4, 0.5) is 0 Å². The van der Waals surface area contributed by atoms with Gasteiger partial charge in [-0.3, -0.25) is 9.59 Å². The van der Waals surface area contributed by atoms with Crippen molar-refractivity contribution in [1.82, 2.24) is 4.90 Å². The molecule has 0 fully saturated rings. The Labute approximate surface area is 115 Å². The lowest BCUT2D eigenvalue weighted by Gasteiger charge is -2.25. The van der Waals surface area contributed by atoms with Crippen LogP contribution in [0.5, 0.6) is 0 Å². The summed E-state index contributed by atoms with van der Waals surface area (Å²) in [6, 6.07) is -0.591. The van der Waals surface area contributed by atoms with Crippen LogP contribution in [0.15, 0.2) is 0 Å². The van der Waals surface area contributed by atoms with Crippen molar-refractivity contribution < 1.29 is 19.1 Å². The Hall–Kier alpha value is -1.14. The molecule has 0 aliphatic rings. The molecule has 0 aromatic rings. The number of nitrogens with zero attached hydrogens (tertiary/aromatic N) is 1. The molecule has 0 rings (SSSR count). The van der Waals surface area contributed by atoms with E-state index < -0.39 is 12.0 Å². The Balaban J connectivity index is 4.53. The number of ether oxygens (including phenoxy) is 2. The molecule has 0 spiro atoms. The van der Waals surface area contributed by atoms with Crippen molar-refractivity contribution in [2.75, 3.05) is 33.4 Å². The van der Waals surface area contributed by atoms with Gasteiger partial charge in [-0.1, -0.05) is 13.8 Å². The van der Waals surface area contributed by atoms with Crippen LogP contribution in [0.2, 0.25) is 0 Å². The Morgan fingerprint density at radius 3 is 2.42 bits per heavy atom. The van der Waals surface area contributed by atoms with E-state index in [1.54, 1.807) is 14.0 Å². The van der Waals surface area contributed by atoms with E-state index in [-0.39, 0.29) is 12.5 Å². The molecule has 0 heterocycles. The second kappa shape index (κ2) is 9.75. The van der Waals surface area contributed by atoms with Crippen molar-refractivity contribution in [3.8, 4) is 0 Å². The largest absolute Gasteiger partial charge is 0.465 e. The van der Waals surface area contributed by atoms with Gasteiger partial charge < -0.3 is 20.1 Å². The number of carbonyl (C=O) groups is 2. The summed E-state index contributed by atoms with van der Waals surface area (Å²) in [7, 11) is 1.54. The maximum atomic E-state index is 12.2. The van der Waals surface area contributed by atoms with Crippen LogP contribution >= 0.6 is 0 Å². The van der Waals surface area contributed by atoms with Crippen LogP contribution in [0.25, 0.3) is 0 Å². The normalized spacial score (nSPS) is 12.3. The number of methoxy groups -OCH3 is 1. The predicted octanol–water partition coefficient (Wildman–Crippen LogP) is 0.398. The quantitative estimate of drug-likeness (QED) is 0.615. The molecule has 0 radical (unpaired) electrons. The number of esters is 1. The molecular formula is C13H26N2O4. The summed E-state index contributed by atoms with van der Waals surface area (Å²) in [5.41, 5.74) is 5.86. The van der Waals surface area contributed by atoms with E-state index in [2.05, 4.69) is 0 Å². The van der Waals surface area contributed by atoms with Gasteiger partial charge in [0.15, 0.2) is 0 Å². The predicted molar refractivity (Wildman–Crippen MR) is 72.5 cm³/mol. The van der Waals surface area contributed by atoms with Crippen LogP contribution in [0.1, 0.15) is 27.2 Å². The molecule has 0 aliphatic carbocycles. The van der Waals surface area contributed by atoms with Crippen molar-refractivity contribution in [3.63, 3.8) is 0 Å². The lowest BCUT2D eigenvalue weighted by molar-refractivity contribution is -0.149. The van der Waals surface area contributed by atoms with Crippen molar-refractivity contribution in [2.45, 2.75) is 33.2 Å². The molecule has 0 saturated heterocycles. The Morgan fingerprint density at radius 1 is 1.32 bits per heavy atom. The van der Waals surface area contributed by atoms with Crippen molar-refractivity contribution in [1.29, 1.82) is 0 Å². The van der Waals surface area contributed by atoms with Gasteiger partial charge in [-0.25, -0.2) is 0 Å². The van der Waals surface area contributed by atoms with Gasteiger partial charge >= 0.3 is 5.97 Å². The molecule has 1 atom stereocenters. The van der Waals surface area contributed by atoms with Crippen LogP contribution in [-0.4, -0.2) is 56.2 Å². The molecular weight excluding hydrogens is 248 g/mol. The first kappa shape index (κ1) is 17.9. The minimum atomic E-state index is -0.591. The van der Waals surface area contributed by atoms with Gasteiger partial charge in [-0.15, -0.1) is 0 Å². The molecule has 0 aromatic carbocycles. The molecule has 6 heteroatoms. The highest BCUT2D eigenvalue weighted by Crippen LogP contribution is 2.06. The maximum absolute atomic E-state index is 12.2. The molecule has 1 unspecified atom stereocenters. The van der Waals surface area contributed by atoms with Crippen LogP contribution in [-0.2, 0) is 19.1 Å². The fourth-order valence-electron chi connectivity index (χ4n) is 1.67. The lowest BCUT2D eigenvalue weighted by Crippen LogP contribution is -2.47. The third-order valence-corrected chi connectivity index (χ3v) is 2.54. The Kier molecular flexibility index (Phi) is 9.16. The molecule has 0 saturated carbocycles. The zero-order valence-corrected chi connectivity index (χ0v) is 12.3. The highest BCUT2D eigenvalue weighted by molar-refractivity contribution is 5.85. The van der Waals surface area contributed by atoms with Gasteiger partial charge in [-0.05, 0) is 19.3 Å². The summed E-state index contributed by atoms with van der Waals surface area (Å²) in [5, 5.41) is 0. The standard InChI is InChI=1S/C13H26N2O4/c1-5-19-12(16)9-15(6-7-18-4)13(17)11(14)8-10(2)3/h10-11H,5-9,14H2,1-4H3. The van der Waals surface area contributed by atoms with E-state index in [0.29, 0.717) is 32.1 Å². The van der Waals surface area contributed by atoms with E-state index in [1.807, 2.05) is 13.8 Å². The number of nitrogens with two attached hydrogens (primary N) is 1. The number of amides is 1. The van der Waals surface area contributed by atoms with Gasteiger partial charge in [0.05, 0.1) is 19.3 Å². The van der Waals surface area contributed by atoms with Gasteiger partial charge in [0.25, 0.3) is 0 Å². The molecule has 19 heavy (non-hydrogen) atoms. The molecule has 0 bridgehead atoms. The van der Waals surface area contributed by atoms with E-state index >= 15 is 0 Å². The number of hydrogen-bond acceptors (Lipinski definition) is 5. The minimum absolute atomic E-state index is 0.0815. The highest BCUT2D eigenvalue weighted by Gasteiger charge is 2.23. The van der Waals surface area contributed by atoms with Crippen LogP contribution in [0.3, 0.4) is 0 Å². The number of carbonyl (C=O) groups excluding carboxylic acids is 2. The highest BCUT2D eigenvalue weighted by atomic mass is 16.5. The zero-order chi connectivity index (χ0) is 14.8. The fourth-order valence-corrected chi connectivity index (χ4v) is 1.67. The first-order valence-corrected chi connectivity index (χ1v) is 6.61. The minimum Gasteiger partial charge on any atom is -0.465 e. The average molecular weight is 274 g/mol. The van der Waals surface area contributed by atoms with Gasteiger partial charge in [0.1, 0.15) is 6.54 Å². The maximum Gasteiger partial charge on any atom is 0.325 e. The number of hydrogen-bond donors (Lipinski definition) is 1. The smallest absolute Gasteiger partial charge is 0.325 e. The summed E-state index contributed by atoms with van der Waals surface area (Å²) in [6.45, 7) is 6.63. The van der Waals surface area contributed by atoms with E-state index in [0.717, 1.165) is 0 Å². The summed E-state index contributed by atoms with van der Waals surface area (Å²) in [4.78, 5) is 25.0. The third-order valence-electron chi connectivity index (χ3n) is 2.54. The average Bonchev–Trinajstić information content (AvgIpc) is 2.33. The third kappa shape index (κ3) is 7.79. The summed E-state index contributed by atoms with van der Waals surface area (Å²) < 4.78 is 9.79. The molecule has 1 amide bonds. The van der Waals surface area contributed by atoms with E-state index in [1.165, 1.54) is 4.90 Å². The molecule has 6 nitrogen and oxygen atoms in total. The molecule has 112 valence electrons. The van der Waals surface area contributed by atoms with Crippen LogP contribution < -0.4 is 5.73 Å². The lowest BCUT2D eigenvalue weighted by atomic mass is 10.0. The van der Waals surface area contributed by atoms with Gasteiger partial charge in [0.2, 0.25) is 5.91 Å². The van der Waals surface area contributed by atoms with Crippen LogP contribution in [0, 0.1) is 5.92 Å². The summed E-state index contributed by atoms with van der Waals surface area (Å²) in [6.07, 6.45) is 0.588. The van der Waals surface area contributed by atoms with E-state index in [4.69, 9.17) is 15.2 Å². The second-order valence-corrected chi connectivity index (χ2v) is 4.79. The van der Waals surface area contributed by atoms with Crippen molar-refractivity contribution in [3.05, 3.63) is 0 Å². The molecule has 0 aromatic heterocycles. The van der Waals surface area contributed by atoms with Crippen molar-refractivity contribution in [2.24, 2.45) is 11.7 Å². The zero-order valence-electron chi connectivity index (χ0n) is 12.3. The summed E-state index contributed by atoms with van der Waals surface area (Å²) in [5.74, 6) is -0.340. The van der Waals surface area contributed by atoms with Crippen molar-refractivity contribution >= 4 is 11.9 Å². The van der Waals surface area contributed by atoms with Gasteiger partial charge in [-0.2, -0.15) is 0 Å². The first-order chi connectivity index (χ1) is 8.92. The second-order valence-electron chi connectivity index (χ2n) is 4.79. The topological polar surface area (TPSA) is 81.9 Å². The fraction of sp³-hybridized carbons (Fsp3) is 0.846. The summed E-state index contributed by atoms with van der Waals surface area (Å²) >= 11 is 0.